The van der Waals surface area contributed by atoms with E-state index in [0.29, 0.717) is 15.9 Å². The summed E-state index contributed by atoms with van der Waals surface area (Å²) in [5.74, 6) is -0.986. The highest BCUT2D eigenvalue weighted by Gasteiger charge is 2.14. The largest absolute Gasteiger partial charge is 0.290 e. The molecule has 0 aliphatic heterocycles. The number of aromatic nitrogens is 3. The minimum atomic E-state index is -0.508. The monoisotopic (exact) mass is 362 g/mol. The second-order valence-corrected chi connectivity index (χ2v) is 5.64. The molecule has 0 saturated heterocycles. The fraction of sp³-hybridized carbons (Fsp3) is 0.133. The molecule has 3 aromatic rings. The molecule has 0 atom stereocenters. The summed E-state index contributed by atoms with van der Waals surface area (Å²) in [5.41, 5.74) is 1.49. The Hall–Kier alpha value is -2.33. The van der Waals surface area contributed by atoms with Gasteiger partial charge in [0.2, 0.25) is 0 Å². The average molecular weight is 363 g/mol. The number of benzene rings is 1. The van der Waals surface area contributed by atoms with E-state index in [9.17, 15) is 8.78 Å². The van der Waals surface area contributed by atoms with Crippen molar-refractivity contribution in [3.63, 3.8) is 0 Å². The molecule has 0 N–H and O–H groups in total. The third kappa shape index (κ3) is 2.46. The van der Waals surface area contributed by atoms with Gasteiger partial charge in [0, 0.05) is 12.6 Å². The normalized spacial score (nSPS) is 10.9. The zero-order valence-corrected chi connectivity index (χ0v) is 13.0. The number of nitrogens with zero attached hydrogens (tertiary/aromatic N) is 4. The van der Waals surface area contributed by atoms with Crippen molar-refractivity contribution in [3.8, 4) is 6.07 Å². The molecule has 0 amide bonds. The van der Waals surface area contributed by atoms with Crippen molar-refractivity contribution >= 4 is 21.6 Å². The van der Waals surface area contributed by atoms with E-state index in [1.807, 2.05) is 6.07 Å². The van der Waals surface area contributed by atoms with Crippen molar-refractivity contribution in [1.82, 2.24) is 14.4 Å². The zero-order valence-electron chi connectivity index (χ0n) is 11.4. The molecule has 4 nitrogen and oxygen atoms in total. The quantitative estimate of drug-likeness (QED) is 0.700. The highest BCUT2D eigenvalue weighted by molar-refractivity contribution is 9.10. The first-order valence-electron chi connectivity index (χ1n) is 6.36. The molecule has 110 valence electrons. The van der Waals surface area contributed by atoms with E-state index >= 15 is 0 Å². The Labute approximate surface area is 133 Å². The third-order valence-electron chi connectivity index (χ3n) is 3.32. The molecule has 1 aromatic carbocycles. The van der Waals surface area contributed by atoms with Gasteiger partial charge in [-0.05, 0) is 46.1 Å². The van der Waals surface area contributed by atoms with Crippen molar-refractivity contribution < 1.29 is 8.78 Å². The van der Waals surface area contributed by atoms with Crippen LogP contribution >= 0.6 is 15.9 Å². The van der Waals surface area contributed by atoms with E-state index in [0.717, 1.165) is 12.1 Å². The van der Waals surface area contributed by atoms with Gasteiger partial charge in [-0.1, -0.05) is 0 Å². The van der Waals surface area contributed by atoms with Gasteiger partial charge in [0.15, 0.2) is 11.3 Å². The second kappa shape index (κ2) is 5.46. The predicted octanol–water partition coefficient (Wildman–Crippen LogP) is 3.54. The van der Waals surface area contributed by atoms with Crippen LogP contribution in [0.5, 0.6) is 0 Å². The van der Waals surface area contributed by atoms with Gasteiger partial charge in [-0.25, -0.2) is 18.7 Å². The van der Waals surface area contributed by atoms with Gasteiger partial charge in [0.25, 0.3) is 0 Å². The first-order chi connectivity index (χ1) is 10.5. The van der Waals surface area contributed by atoms with Crippen molar-refractivity contribution in [2.45, 2.75) is 13.3 Å². The maximum absolute atomic E-state index is 14.0. The Bertz CT molecular complexity index is 927. The SMILES string of the molecule is Cc1cc(F)c(Cc2nc(C#N)cn3c(Br)cnc23)cc1F. The van der Waals surface area contributed by atoms with Gasteiger partial charge in [0.05, 0.1) is 11.9 Å². The smallest absolute Gasteiger partial charge is 0.159 e. The lowest BCUT2D eigenvalue weighted by Crippen LogP contribution is -2.03. The molecule has 0 unspecified atom stereocenters. The molecule has 0 bridgehead atoms. The first-order valence-corrected chi connectivity index (χ1v) is 7.16. The molecule has 7 heteroatoms. The first kappa shape index (κ1) is 14.6. The van der Waals surface area contributed by atoms with E-state index in [-0.39, 0.29) is 23.2 Å². The number of fused-ring (bicyclic) bond motifs is 1. The van der Waals surface area contributed by atoms with Crippen LogP contribution in [-0.4, -0.2) is 14.4 Å². The molecule has 0 fully saturated rings. The Kier molecular flexibility index (Phi) is 3.62. The van der Waals surface area contributed by atoms with Gasteiger partial charge in [-0.2, -0.15) is 5.26 Å². The Morgan fingerprint density at radius 1 is 1.32 bits per heavy atom. The van der Waals surface area contributed by atoms with Crippen molar-refractivity contribution in [2.75, 3.05) is 0 Å². The Morgan fingerprint density at radius 2 is 2.09 bits per heavy atom. The van der Waals surface area contributed by atoms with Crippen molar-refractivity contribution in [3.05, 3.63) is 63.3 Å². The number of aryl methyl sites for hydroxylation is 1. The highest BCUT2D eigenvalue weighted by Crippen LogP contribution is 2.21. The Morgan fingerprint density at radius 3 is 2.82 bits per heavy atom. The summed E-state index contributed by atoms with van der Waals surface area (Å²) in [6.45, 7) is 1.50. The molecule has 0 spiro atoms. The second-order valence-electron chi connectivity index (χ2n) is 4.83. The van der Waals surface area contributed by atoms with Gasteiger partial charge >= 0.3 is 0 Å². The topological polar surface area (TPSA) is 54.0 Å². The standard InChI is InChI=1S/C15H9BrF2N4/c1-8-2-12(18)9(3-11(8)17)4-13-15-20-6-14(16)22(15)7-10(5-19)21-13/h2-3,6-7H,4H2,1H3. The maximum Gasteiger partial charge on any atom is 0.159 e. The van der Waals surface area contributed by atoms with Crippen LogP contribution < -0.4 is 0 Å². The minimum Gasteiger partial charge on any atom is -0.290 e. The molecule has 0 aliphatic carbocycles. The van der Waals surface area contributed by atoms with E-state index < -0.39 is 11.6 Å². The third-order valence-corrected chi connectivity index (χ3v) is 3.90. The van der Waals surface area contributed by atoms with Crippen LogP contribution in [0.15, 0.2) is 29.1 Å². The molecule has 2 heterocycles. The lowest BCUT2D eigenvalue weighted by Gasteiger charge is -2.07. The molecule has 2 aromatic heterocycles. The number of rotatable bonds is 2. The van der Waals surface area contributed by atoms with E-state index in [2.05, 4.69) is 25.9 Å². The molecular formula is C15H9BrF2N4. The number of halogens is 3. The lowest BCUT2D eigenvalue weighted by atomic mass is 10.1. The molecule has 0 radical (unpaired) electrons. The van der Waals surface area contributed by atoms with Gasteiger partial charge in [-0.3, -0.25) is 4.40 Å². The van der Waals surface area contributed by atoms with Crippen molar-refractivity contribution in [2.24, 2.45) is 0 Å². The molecule has 3 rings (SSSR count). The number of imidazole rings is 1. The lowest BCUT2D eigenvalue weighted by molar-refractivity contribution is 0.581. The van der Waals surface area contributed by atoms with Gasteiger partial charge in [0.1, 0.15) is 22.3 Å². The maximum atomic E-state index is 14.0. The highest BCUT2D eigenvalue weighted by atomic mass is 79.9. The van der Waals surface area contributed by atoms with Gasteiger partial charge < -0.3 is 0 Å². The van der Waals surface area contributed by atoms with Crippen LogP contribution in [0.1, 0.15) is 22.5 Å². The van der Waals surface area contributed by atoms with Crippen LogP contribution in [0.2, 0.25) is 0 Å². The summed E-state index contributed by atoms with van der Waals surface area (Å²) in [7, 11) is 0. The summed E-state index contributed by atoms with van der Waals surface area (Å²) >= 11 is 3.31. The van der Waals surface area contributed by atoms with Crippen LogP contribution in [0.3, 0.4) is 0 Å². The van der Waals surface area contributed by atoms with E-state index in [1.165, 1.54) is 13.1 Å². The summed E-state index contributed by atoms with van der Waals surface area (Å²) in [4.78, 5) is 8.35. The number of hydrogen-bond donors (Lipinski definition) is 0. The van der Waals surface area contributed by atoms with Crippen molar-refractivity contribution in [1.29, 1.82) is 5.26 Å². The number of hydrogen-bond acceptors (Lipinski definition) is 3. The van der Waals surface area contributed by atoms with E-state index in [1.54, 1.807) is 10.6 Å². The molecular weight excluding hydrogens is 354 g/mol. The van der Waals surface area contributed by atoms with Crippen LogP contribution in [0, 0.1) is 29.9 Å². The molecule has 0 aliphatic rings. The summed E-state index contributed by atoms with van der Waals surface area (Å²) in [6, 6.07) is 4.25. The summed E-state index contributed by atoms with van der Waals surface area (Å²) < 4.78 is 30.0. The molecule has 0 saturated carbocycles. The summed E-state index contributed by atoms with van der Waals surface area (Å²) in [6.07, 6.45) is 3.14. The molecule has 22 heavy (non-hydrogen) atoms. The Balaban J connectivity index is 2.15. The van der Waals surface area contributed by atoms with E-state index in [4.69, 9.17) is 5.26 Å². The van der Waals surface area contributed by atoms with Crippen LogP contribution in [0.25, 0.3) is 5.65 Å². The average Bonchev–Trinajstić information content (AvgIpc) is 2.86. The fourth-order valence-corrected chi connectivity index (χ4v) is 2.57. The fourth-order valence-electron chi connectivity index (χ4n) is 2.20. The van der Waals surface area contributed by atoms with Crippen LogP contribution in [0.4, 0.5) is 8.78 Å². The van der Waals surface area contributed by atoms with Crippen LogP contribution in [-0.2, 0) is 6.42 Å². The number of nitriles is 1. The minimum absolute atomic E-state index is 0.0471. The van der Waals surface area contributed by atoms with Gasteiger partial charge in [-0.15, -0.1) is 0 Å². The zero-order chi connectivity index (χ0) is 15.9. The summed E-state index contributed by atoms with van der Waals surface area (Å²) in [5, 5.41) is 9.06. The predicted molar refractivity (Wildman–Crippen MR) is 79.3 cm³/mol.